The Labute approximate surface area is 362 Å². The summed E-state index contributed by atoms with van der Waals surface area (Å²) < 4.78 is 65.1. The van der Waals surface area contributed by atoms with Crippen molar-refractivity contribution in [3.63, 3.8) is 0 Å². The molecule has 53 heavy (non-hydrogen) atoms. The first-order chi connectivity index (χ1) is 25.2. The van der Waals surface area contributed by atoms with Crippen molar-refractivity contribution in [2.24, 2.45) is 0 Å². The second-order valence-corrected chi connectivity index (χ2v) is 11.4. The predicted octanol–water partition coefficient (Wildman–Crippen LogP) is 8.32. The minimum atomic E-state index is -1.00. The van der Waals surface area contributed by atoms with E-state index in [4.69, 9.17) is 50.9 Å². The van der Waals surface area contributed by atoms with Gasteiger partial charge in [-0.3, -0.25) is 4.39 Å². The topological polar surface area (TPSA) is 103 Å². The molecule has 10 nitrogen and oxygen atoms in total. The molecule has 0 saturated carbocycles. The summed E-state index contributed by atoms with van der Waals surface area (Å²) in [6.45, 7) is 5.82. The van der Waals surface area contributed by atoms with Gasteiger partial charge in [-0.25, -0.2) is 0 Å². The van der Waals surface area contributed by atoms with Crippen molar-refractivity contribution in [3.8, 4) is 46.0 Å². The van der Waals surface area contributed by atoms with Crippen molar-refractivity contribution in [1.82, 2.24) is 0 Å². The molecule has 4 aromatic rings. The summed E-state index contributed by atoms with van der Waals surface area (Å²) in [7, 11) is 5.35. The van der Waals surface area contributed by atoms with Crippen molar-refractivity contribution in [2.45, 2.75) is 34.5 Å². The number of benzene rings is 4. The fourth-order valence-corrected chi connectivity index (χ4v) is 4.75. The molecule has 4 aromatic carbocycles. The maximum absolute atomic E-state index is 9.96. The van der Waals surface area contributed by atoms with Gasteiger partial charge in [0.15, 0.2) is 23.0 Å². The van der Waals surface area contributed by atoms with Gasteiger partial charge in [0.2, 0.25) is 0 Å². The molecule has 0 heterocycles. The summed E-state index contributed by atoms with van der Waals surface area (Å²) in [5.74, 6) is 5.17. The van der Waals surface area contributed by atoms with Crippen molar-refractivity contribution in [3.05, 3.63) is 92.9 Å². The molecule has 0 bridgehead atoms. The van der Waals surface area contributed by atoms with Gasteiger partial charge in [0, 0.05) is 35.7 Å². The summed E-state index contributed by atoms with van der Waals surface area (Å²) in [4.78, 5) is 0. The summed E-state index contributed by atoms with van der Waals surface area (Å²) in [6, 6.07) is 22.2. The second-order valence-electron chi connectivity index (χ2n) is 9.46. The third-order valence-electron chi connectivity index (χ3n) is 6.30. The normalized spacial score (nSPS) is 9.75. The van der Waals surface area contributed by atoms with Crippen LogP contribution in [0, 0.1) is 0 Å². The molecule has 0 aromatic heterocycles. The van der Waals surface area contributed by atoms with Crippen LogP contribution in [0.4, 0.5) is 4.39 Å². The van der Waals surface area contributed by atoms with Crippen LogP contribution in [-0.4, -0.2) is 66.8 Å². The molecule has 0 aliphatic carbocycles. The zero-order chi connectivity index (χ0) is 38.7. The van der Waals surface area contributed by atoms with E-state index in [2.05, 4.69) is 36.6 Å². The van der Waals surface area contributed by atoms with Gasteiger partial charge < -0.3 is 49.2 Å². The Balaban J connectivity index is -0.000000385. The zero-order valence-electron chi connectivity index (χ0n) is 32.5. The maximum Gasteiger partial charge on any atom is 1.00 e. The predicted molar refractivity (Wildman–Crippen MR) is 214 cm³/mol. The van der Waals surface area contributed by atoms with Gasteiger partial charge >= 0.3 is 29.6 Å². The first-order valence-electron chi connectivity index (χ1n) is 16.0. The minimum Gasteiger partial charge on any atom is -1.00 e. The van der Waals surface area contributed by atoms with Crippen molar-refractivity contribution in [2.75, 3.05) is 61.7 Å². The van der Waals surface area contributed by atoms with E-state index < -0.39 is 7.15 Å². The van der Waals surface area contributed by atoms with E-state index in [-0.39, 0.29) is 53.2 Å². The molecule has 0 radical (unpaired) electrons. The van der Waals surface area contributed by atoms with Gasteiger partial charge in [-0.1, -0.05) is 50.9 Å². The average Bonchev–Trinajstić information content (AvgIpc) is 3.16. The number of halogens is 4. The van der Waals surface area contributed by atoms with Gasteiger partial charge in [0.1, 0.15) is 35.9 Å². The number of methoxy groups -OCH3 is 4. The SMILES string of the molecule is C.CCOCCl.CCOCOCc1cc(Oc2ccc(OC)c(OC)c2)ccc1Br.COc1ccc(Oc2ccc(Br)c(CO)c2)cc1OC.[2HH].[2H]CF.[H-].[Na+]. The molecular weight excluding hydrogens is 854 g/mol. The molecule has 0 spiro atoms. The van der Waals surface area contributed by atoms with E-state index in [9.17, 15) is 9.50 Å². The van der Waals surface area contributed by atoms with Crippen LogP contribution in [0.1, 0.15) is 36.6 Å². The standard InChI is InChI=1S/C18H21BrO5.C15H15BrO4.C3H7ClO.CH3F.CH4.Na.H2.H/c1-4-22-12-23-11-13-9-14(5-7-16(13)19)24-15-6-8-17(20-2)18(10-15)21-3;1-18-14-6-4-12(8-15(14)19-2)20-11-3-5-13(16)10(7-11)9-17;1-2-5-3-4;1-2;;;;/h5-10H,4,11-12H2,1-3H3;3-8,17H,9H2,1-2H3;2-3H2,1H3;1H3;1H4;;1H;/q;;;;;+1;;-1/i;;;1D;;;1+1;. The van der Waals surface area contributed by atoms with Crippen LogP contribution < -0.4 is 58.0 Å². The molecule has 0 aliphatic heterocycles. The van der Waals surface area contributed by atoms with Crippen LogP contribution in [0.2, 0.25) is 0 Å². The van der Waals surface area contributed by atoms with E-state index in [1.807, 2.05) is 50.2 Å². The first-order valence-corrected chi connectivity index (χ1v) is 17.4. The third kappa shape index (κ3) is 19.7. The average molecular weight is 909 g/mol. The molecule has 294 valence electrons. The Morgan fingerprint density at radius 3 is 1.45 bits per heavy atom. The number of hydrogen-bond donors (Lipinski definition) is 1. The number of hydrogen-bond acceptors (Lipinski definition) is 10. The zero-order valence-corrected chi connectivity index (χ0v) is 36.4. The molecule has 0 atom stereocenters. The number of alkyl halides is 2. The van der Waals surface area contributed by atoms with Gasteiger partial charge in [0.25, 0.3) is 0 Å². The Morgan fingerprint density at radius 2 is 1.08 bits per heavy atom. The number of rotatable bonds is 16. The van der Waals surface area contributed by atoms with E-state index in [0.717, 1.165) is 20.1 Å². The Bertz CT molecular complexity index is 1590. The van der Waals surface area contributed by atoms with Gasteiger partial charge in [-0.2, -0.15) is 0 Å². The number of aliphatic hydroxyl groups excluding tert-OH is 1. The quantitative estimate of drug-likeness (QED) is 0.0511. The number of aliphatic hydroxyl groups is 1. The molecule has 0 amide bonds. The third-order valence-corrected chi connectivity index (χ3v) is 8.00. The fraction of sp³-hybridized carbons (Fsp3) is 0.368. The molecule has 0 aliphatic rings. The van der Waals surface area contributed by atoms with Gasteiger partial charge in [-0.15, -0.1) is 0 Å². The molecule has 0 fully saturated rings. The van der Waals surface area contributed by atoms with E-state index in [0.29, 0.717) is 71.9 Å². The minimum absolute atomic E-state index is 0. The van der Waals surface area contributed by atoms with Gasteiger partial charge in [0.05, 0.1) is 50.2 Å². The van der Waals surface area contributed by atoms with E-state index in [1.54, 1.807) is 64.8 Å². The Morgan fingerprint density at radius 1 is 0.679 bits per heavy atom. The van der Waals surface area contributed by atoms with Gasteiger partial charge in [-0.05, 0) is 85.6 Å². The Hall–Kier alpha value is -2.30. The first kappa shape index (κ1) is 50.7. The molecule has 0 unspecified atom stereocenters. The van der Waals surface area contributed by atoms with Crippen molar-refractivity contribution >= 4 is 43.5 Å². The second kappa shape index (κ2) is 32.0. The van der Waals surface area contributed by atoms with Crippen molar-refractivity contribution < 1.29 is 85.9 Å². The largest absolute Gasteiger partial charge is 1.00 e. The molecule has 0 saturated heterocycles. The van der Waals surface area contributed by atoms with Crippen molar-refractivity contribution in [1.29, 1.82) is 0 Å². The molecular formula is C38H53Br2ClFNaO10. The van der Waals surface area contributed by atoms with E-state index >= 15 is 0 Å². The molecule has 15 heteroatoms. The van der Waals surface area contributed by atoms with Crippen LogP contribution in [-0.2, 0) is 27.4 Å². The Kier molecular flexibility index (Phi) is 30.6. The van der Waals surface area contributed by atoms with Crippen LogP contribution in [0.3, 0.4) is 0 Å². The summed E-state index contributed by atoms with van der Waals surface area (Å²) in [6.07, 6.45) is 0. The smallest absolute Gasteiger partial charge is 1.00 e. The van der Waals surface area contributed by atoms with Crippen LogP contribution in [0.5, 0.6) is 46.0 Å². The fourth-order valence-electron chi connectivity index (χ4n) is 3.86. The summed E-state index contributed by atoms with van der Waals surface area (Å²) >= 11 is 12.0. The monoisotopic (exact) mass is 906 g/mol. The molecule has 4 rings (SSSR count). The summed E-state index contributed by atoms with van der Waals surface area (Å²) in [5, 5.41) is 9.24. The molecule has 1 N–H and O–H groups in total. The number of ether oxygens (including phenoxy) is 9. The summed E-state index contributed by atoms with van der Waals surface area (Å²) in [5.41, 5.74) is 1.75. The van der Waals surface area contributed by atoms with Crippen LogP contribution in [0.15, 0.2) is 81.7 Å². The maximum atomic E-state index is 9.96. The van der Waals surface area contributed by atoms with E-state index in [1.165, 1.54) is 0 Å². The van der Waals surface area contributed by atoms with Crippen LogP contribution in [0.25, 0.3) is 0 Å². The van der Waals surface area contributed by atoms with Crippen LogP contribution >= 0.6 is 43.5 Å².